The molecule has 0 aliphatic heterocycles. The van der Waals surface area contributed by atoms with Gasteiger partial charge in [-0.3, -0.25) is 4.79 Å². The van der Waals surface area contributed by atoms with Crippen LogP contribution in [0.5, 0.6) is 0 Å². The maximum atomic E-state index is 11.3. The summed E-state index contributed by atoms with van der Waals surface area (Å²) in [6.07, 6.45) is 3.72. The van der Waals surface area contributed by atoms with E-state index >= 15 is 0 Å². The van der Waals surface area contributed by atoms with Crippen molar-refractivity contribution >= 4 is 5.78 Å². The lowest BCUT2D eigenvalue weighted by Crippen LogP contribution is -2.23. The van der Waals surface area contributed by atoms with Crippen molar-refractivity contribution in [3.05, 3.63) is 0 Å². The van der Waals surface area contributed by atoms with Gasteiger partial charge in [-0.2, -0.15) is 0 Å². The van der Waals surface area contributed by atoms with Crippen molar-refractivity contribution in [1.29, 1.82) is 0 Å². The highest BCUT2D eigenvalue weighted by atomic mass is 16.1. The highest BCUT2D eigenvalue weighted by molar-refractivity contribution is 5.79. The van der Waals surface area contributed by atoms with E-state index in [1.54, 1.807) is 6.92 Å². The van der Waals surface area contributed by atoms with Gasteiger partial charge in [0.05, 0.1) is 0 Å². The van der Waals surface area contributed by atoms with Gasteiger partial charge in [-0.25, -0.2) is 0 Å². The summed E-state index contributed by atoms with van der Waals surface area (Å²) < 4.78 is 0. The molecule has 0 aromatic heterocycles. The van der Waals surface area contributed by atoms with Crippen molar-refractivity contribution < 1.29 is 4.79 Å². The number of hydrogen-bond acceptors (Lipinski definition) is 2. The first kappa shape index (κ1) is 12.2. The summed E-state index contributed by atoms with van der Waals surface area (Å²) in [6.45, 7) is 3.86. The van der Waals surface area contributed by atoms with Gasteiger partial charge in [0.1, 0.15) is 5.78 Å². The molecule has 0 heterocycles. The summed E-state index contributed by atoms with van der Waals surface area (Å²) in [5.41, 5.74) is 5.73. The van der Waals surface area contributed by atoms with E-state index in [1.807, 2.05) is 0 Å². The quantitative estimate of drug-likeness (QED) is 0.636. The average molecular weight is 181 g/mol. The number of carbonyl (C=O) groups is 1. The number of ketones is 1. The van der Waals surface area contributed by atoms with Gasteiger partial charge in [0.2, 0.25) is 0 Å². The number of nitrogens with two attached hydrogens (primary N) is 1. The minimum Gasteiger partial charge on any atom is -0.327 e. The Morgan fingerprint density at radius 2 is 2.23 bits per heavy atom. The minimum atomic E-state index is 0.0482. The van der Waals surface area contributed by atoms with Crippen molar-refractivity contribution in [2.45, 2.75) is 52.0 Å². The molecule has 2 N–H and O–H groups in total. The van der Waals surface area contributed by atoms with Gasteiger partial charge in [-0.1, -0.05) is 13.3 Å². The van der Waals surface area contributed by atoms with E-state index in [0.717, 1.165) is 12.8 Å². The van der Waals surface area contributed by atoms with Gasteiger partial charge in [-0.15, -0.1) is 11.8 Å². The molecule has 2 heteroatoms. The molecule has 0 saturated carbocycles. The Labute approximate surface area is 80.9 Å². The van der Waals surface area contributed by atoms with Gasteiger partial charge in [0, 0.05) is 25.3 Å². The van der Waals surface area contributed by atoms with Crippen LogP contribution in [-0.4, -0.2) is 11.8 Å². The van der Waals surface area contributed by atoms with Crippen LogP contribution in [0.1, 0.15) is 46.0 Å². The van der Waals surface area contributed by atoms with Crippen LogP contribution in [0.4, 0.5) is 0 Å². The Kier molecular flexibility index (Phi) is 7.33. The fraction of sp³-hybridized carbons (Fsp3) is 0.727. The van der Waals surface area contributed by atoms with Gasteiger partial charge < -0.3 is 5.73 Å². The monoisotopic (exact) mass is 181 g/mol. The third kappa shape index (κ3) is 7.55. The minimum absolute atomic E-state index is 0.0482. The van der Waals surface area contributed by atoms with Crippen molar-refractivity contribution in [2.75, 3.05) is 0 Å². The van der Waals surface area contributed by atoms with Crippen LogP contribution in [0, 0.1) is 11.8 Å². The van der Waals surface area contributed by atoms with E-state index in [9.17, 15) is 4.79 Å². The van der Waals surface area contributed by atoms with Crippen molar-refractivity contribution in [2.24, 2.45) is 5.73 Å². The topological polar surface area (TPSA) is 43.1 Å². The van der Waals surface area contributed by atoms with Gasteiger partial charge in [0.25, 0.3) is 0 Å². The van der Waals surface area contributed by atoms with Crippen molar-refractivity contribution in [3.8, 4) is 11.8 Å². The predicted octanol–water partition coefficient (Wildman–Crippen LogP) is 1.88. The van der Waals surface area contributed by atoms with Crippen LogP contribution in [0.2, 0.25) is 0 Å². The zero-order chi connectivity index (χ0) is 10.1. The Balaban J connectivity index is 3.53. The lowest BCUT2D eigenvalue weighted by atomic mass is 10.0. The third-order valence-electron chi connectivity index (χ3n) is 1.85. The number of carbonyl (C=O) groups excluding carboxylic acids is 1. The molecule has 0 rings (SSSR count). The SMILES string of the molecule is CC#CCCC(=O)CC(N)CCC. The molecule has 1 atom stereocenters. The highest BCUT2D eigenvalue weighted by Crippen LogP contribution is 2.02. The largest absolute Gasteiger partial charge is 0.327 e. The zero-order valence-corrected chi connectivity index (χ0v) is 8.60. The Morgan fingerprint density at radius 3 is 2.77 bits per heavy atom. The van der Waals surface area contributed by atoms with Gasteiger partial charge in [-0.05, 0) is 13.3 Å². The third-order valence-corrected chi connectivity index (χ3v) is 1.85. The summed E-state index contributed by atoms with van der Waals surface area (Å²) in [5.74, 6) is 5.88. The maximum absolute atomic E-state index is 11.3. The molecule has 0 fully saturated rings. The summed E-state index contributed by atoms with van der Waals surface area (Å²) in [5, 5.41) is 0. The van der Waals surface area contributed by atoms with Crippen LogP contribution in [0.3, 0.4) is 0 Å². The number of Topliss-reactive ketones (excluding diaryl/α,β-unsaturated/α-hetero) is 1. The molecule has 0 aromatic carbocycles. The van der Waals surface area contributed by atoms with E-state index in [-0.39, 0.29) is 11.8 Å². The summed E-state index contributed by atoms with van der Waals surface area (Å²) >= 11 is 0. The molecule has 0 saturated heterocycles. The first-order chi connectivity index (χ1) is 6.20. The Morgan fingerprint density at radius 1 is 1.54 bits per heavy atom. The molecular formula is C11H19NO. The Hall–Kier alpha value is -0.810. The first-order valence-electron chi connectivity index (χ1n) is 4.87. The second-order valence-corrected chi connectivity index (χ2v) is 3.22. The van der Waals surface area contributed by atoms with E-state index in [1.165, 1.54) is 0 Å². The maximum Gasteiger partial charge on any atom is 0.135 e. The van der Waals surface area contributed by atoms with Crippen LogP contribution < -0.4 is 5.73 Å². The van der Waals surface area contributed by atoms with Crippen LogP contribution >= 0.6 is 0 Å². The molecule has 0 aliphatic rings. The molecule has 13 heavy (non-hydrogen) atoms. The van der Waals surface area contributed by atoms with E-state index < -0.39 is 0 Å². The fourth-order valence-electron chi connectivity index (χ4n) is 1.19. The van der Waals surface area contributed by atoms with Crippen LogP contribution in [-0.2, 0) is 4.79 Å². The molecule has 0 bridgehead atoms. The van der Waals surface area contributed by atoms with E-state index in [2.05, 4.69) is 18.8 Å². The molecule has 0 amide bonds. The Bertz CT molecular complexity index is 200. The highest BCUT2D eigenvalue weighted by Gasteiger charge is 2.07. The van der Waals surface area contributed by atoms with Crippen molar-refractivity contribution in [1.82, 2.24) is 0 Å². The molecule has 0 aliphatic carbocycles. The standard InChI is InChI=1S/C11H19NO/c1-3-5-6-8-11(13)9-10(12)7-4-2/h10H,4,6-9,12H2,1-2H3. The van der Waals surface area contributed by atoms with Gasteiger partial charge in [0.15, 0.2) is 0 Å². The second-order valence-electron chi connectivity index (χ2n) is 3.22. The normalized spacial score (nSPS) is 11.6. The van der Waals surface area contributed by atoms with E-state index in [4.69, 9.17) is 5.73 Å². The zero-order valence-electron chi connectivity index (χ0n) is 8.60. The number of hydrogen-bond donors (Lipinski definition) is 1. The molecule has 74 valence electrons. The number of rotatable bonds is 6. The lowest BCUT2D eigenvalue weighted by Gasteiger charge is -2.07. The average Bonchev–Trinajstić information content (AvgIpc) is 2.05. The predicted molar refractivity (Wildman–Crippen MR) is 55.2 cm³/mol. The molecule has 2 nitrogen and oxygen atoms in total. The molecule has 0 aromatic rings. The van der Waals surface area contributed by atoms with E-state index in [0.29, 0.717) is 19.3 Å². The molecule has 1 unspecified atom stereocenters. The van der Waals surface area contributed by atoms with Crippen molar-refractivity contribution in [3.63, 3.8) is 0 Å². The summed E-state index contributed by atoms with van der Waals surface area (Å²) in [7, 11) is 0. The van der Waals surface area contributed by atoms with Crippen LogP contribution in [0.15, 0.2) is 0 Å². The van der Waals surface area contributed by atoms with Crippen LogP contribution in [0.25, 0.3) is 0 Å². The smallest absolute Gasteiger partial charge is 0.135 e. The molecule has 0 spiro atoms. The lowest BCUT2D eigenvalue weighted by molar-refractivity contribution is -0.119. The molecular weight excluding hydrogens is 162 g/mol. The van der Waals surface area contributed by atoms with Gasteiger partial charge >= 0.3 is 0 Å². The summed E-state index contributed by atoms with van der Waals surface area (Å²) in [4.78, 5) is 11.3. The fourth-order valence-corrected chi connectivity index (χ4v) is 1.19. The summed E-state index contributed by atoms with van der Waals surface area (Å²) in [6, 6.07) is 0.0482. The first-order valence-corrected chi connectivity index (χ1v) is 4.87. The molecule has 0 radical (unpaired) electrons. The second kappa shape index (κ2) is 7.82.